The van der Waals surface area contributed by atoms with Crippen molar-refractivity contribution in [2.24, 2.45) is 0 Å². The lowest BCUT2D eigenvalue weighted by Gasteiger charge is -2.07. The number of pyridine rings is 1. The zero-order valence-corrected chi connectivity index (χ0v) is 13.2. The molecule has 1 atom stereocenters. The van der Waals surface area contributed by atoms with Crippen LogP contribution in [-0.4, -0.2) is 33.7 Å². The molecule has 128 valence electrons. The second-order valence-corrected chi connectivity index (χ2v) is 5.93. The minimum Gasteiger partial charge on any atom is -0.496 e. The number of aromatic nitrogens is 3. The highest BCUT2D eigenvalue weighted by Crippen LogP contribution is 2.55. The molecule has 0 spiro atoms. The van der Waals surface area contributed by atoms with Crippen molar-refractivity contribution in [2.75, 3.05) is 12.8 Å². The average Bonchev–Trinajstić information content (AvgIpc) is 3.13. The van der Waals surface area contributed by atoms with E-state index < -0.39 is 17.7 Å². The first kappa shape index (κ1) is 15.5. The summed E-state index contributed by atoms with van der Waals surface area (Å²) in [4.78, 5) is 17.1. The molecule has 0 radical (unpaired) electrons. The van der Waals surface area contributed by atoms with E-state index in [0.29, 0.717) is 11.1 Å². The number of nitrogens with two attached hydrogens (primary N) is 1. The molecule has 0 bridgehead atoms. The van der Waals surface area contributed by atoms with Crippen LogP contribution in [0.2, 0.25) is 0 Å². The number of hydrogen-bond donors (Lipinski definition) is 1. The van der Waals surface area contributed by atoms with Gasteiger partial charge in [-0.2, -0.15) is 4.68 Å². The van der Waals surface area contributed by atoms with Gasteiger partial charge in [-0.1, -0.05) is 12.1 Å². The molecule has 3 aromatic rings. The van der Waals surface area contributed by atoms with Crippen molar-refractivity contribution in [2.45, 2.75) is 18.3 Å². The van der Waals surface area contributed by atoms with E-state index in [2.05, 4.69) is 10.1 Å². The number of carbonyl (C=O) groups is 1. The van der Waals surface area contributed by atoms with E-state index in [1.165, 1.54) is 13.2 Å². The standard InChI is InChI=1S/C17H14F2N4O2/c1-25-13-5-3-2-4-9(13)16(24)23-15-10(14(20)22-23)6-7-12(21-15)11-8-17(11,18)19/h2-7,11H,8H2,1H3,(H2,20,22). The molecule has 0 aliphatic heterocycles. The highest BCUT2D eigenvalue weighted by molar-refractivity contribution is 6.03. The number of fused-ring (bicyclic) bond motifs is 1. The van der Waals surface area contributed by atoms with Gasteiger partial charge in [-0.15, -0.1) is 5.10 Å². The zero-order chi connectivity index (χ0) is 17.8. The van der Waals surface area contributed by atoms with Crippen molar-refractivity contribution >= 4 is 22.8 Å². The van der Waals surface area contributed by atoms with Gasteiger partial charge in [-0.3, -0.25) is 4.79 Å². The molecule has 0 amide bonds. The summed E-state index contributed by atoms with van der Waals surface area (Å²) in [6.07, 6.45) is -0.240. The van der Waals surface area contributed by atoms with E-state index in [-0.39, 0.29) is 29.1 Å². The van der Waals surface area contributed by atoms with Crippen LogP contribution in [-0.2, 0) is 0 Å². The Morgan fingerprint density at radius 1 is 1.32 bits per heavy atom. The predicted molar refractivity (Wildman–Crippen MR) is 87.0 cm³/mol. The fraction of sp³-hybridized carbons (Fsp3) is 0.235. The maximum absolute atomic E-state index is 13.3. The van der Waals surface area contributed by atoms with Crippen LogP contribution in [0.5, 0.6) is 5.75 Å². The third-order valence-electron chi connectivity index (χ3n) is 4.29. The monoisotopic (exact) mass is 344 g/mol. The van der Waals surface area contributed by atoms with E-state index in [1.54, 1.807) is 30.3 Å². The van der Waals surface area contributed by atoms with Gasteiger partial charge in [0.05, 0.1) is 29.7 Å². The number of alkyl halides is 2. The van der Waals surface area contributed by atoms with Gasteiger partial charge in [0.15, 0.2) is 11.5 Å². The minimum absolute atomic E-state index is 0.111. The van der Waals surface area contributed by atoms with Crippen LogP contribution in [0.1, 0.15) is 28.4 Å². The van der Waals surface area contributed by atoms with Crippen LogP contribution in [0, 0.1) is 0 Å². The minimum atomic E-state index is -2.75. The lowest BCUT2D eigenvalue weighted by atomic mass is 10.2. The molecule has 25 heavy (non-hydrogen) atoms. The van der Waals surface area contributed by atoms with Crippen LogP contribution < -0.4 is 10.5 Å². The summed E-state index contributed by atoms with van der Waals surface area (Å²) < 4.78 is 32.9. The van der Waals surface area contributed by atoms with Gasteiger partial charge in [0.2, 0.25) is 0 Å². The topological polar surface area (TPSA) is 83.0 Å². The van der Waals surface area contributed by atoms with Gasteiger partial charge in [0.25, 0.3) is 11.8 Å². The van der Waals surface area contributed by atoms with Gasteiger partial charge >= 0.3 is 0 Å². The summed E-state index contributed by atoms with van der Waals surface area (Å²) in [5, 5.41) is 4.48. The second-order valence-electron chi connectivity index (χ2n) is 5.93. The summed E-state index contributed by atoms with van der Waals surface area (Å²) in [6.45, 7) is 0. The van der Waals surface area contributed by atoms with Crippen molar-refractivity contribution in [1.82, 2.24) is 14.8 Å². The molecular weight excluding hydrogens is 330 g/mol. The molecule has 0 saturated heterocycles. The Labute approximate surface area is 141 Å². The number of rotatable bonds is 3. The molecule has 6 nitrogen and oxygen atoms in total. The first-order chi connectivity index (χ1) is 11.9. The number of nitrogens with zero attached hydrogens (tertiary/aromatic N) is 3. The average molecular weight is 344 g/mol. The summed E-state index contributed by atoms with van der Waals surface area (Å²) in [6, 6.07) is 9.73. The lowest BCUT2D eigenvalue weighted by molar-refractivity contribution is 0.0947. The quantitative estimate of drug-likeness (QED) is 0.790. The fourth-order valence-corrected chi connectivity index (χ4v) is 2.84. The first-order valence-corrected chi connectivity index (χ1v) is 7.63. The molecule has 2 aromatic heterocycles. The Bertz CT molecular complexity index is 999. The number of ether oxygens (including phenoxy) is 1. The number of methoxy groups -OCH3 is 1. The summed E-state index contributed by atoms with van der Waals surface area (Å²) >= 11 is 0. The molecule has 1 fully saturated rings. The van der Waals surface area contributed by atoms with Crippen LogP contribution >= 0.6 is 0 Å². The molecule has 1 aliphatic rings. The molecule has 1 aliphatic carbocycles. The Morgan fingerprint density at radius 2 is 2.04 bits per heavy atom. The molecule has 1 aromatic carbocycles. The van der Waals surface area contributed by atoms with E-state index in [0.717, 1.165) is 4.68 Å². The largest absolute Gasteiger partial charge is 0.496 e. The van der Waals surface area contributed by atoms with E-state index in [9.17, 15) is 13.6 Å². The van der Waals surface area contributed by atoms with Crippen LogP contribution in [0.25, 0.3) is 11.0 Å². The van der Waals surface area contributed by atoms with Gasteiger partial charge < -0.3 is 10.5 Å². The van der Waals surface area contributed by atoms with Crippen molar-refractivity contribution < 1.29 is 18.3 Å². The van der Waals surface area contributed by atoms with E-state index in [1.807, 2.05) is 0 Å². The van der Waals surface area contributed by atoms with Crippen LogP contribution in [0.15, 0.2) is 36.4 Å². The maximum Gasteiger partial charge on any atom is 0.283 e. The van der Waals surface area contributed by atoms with Crippen molar-refractivity contribution in [1.29, 1.82) is 0 Å². The lowest BCUT2D eigenvalue weighted by Crippen LogP contribution is -2.15. The van der Waals surface area contributed by atoms with Gasteiger partial charge in [0.1, 0.15) is 5.75 Å². The molecule has 1 saturated carbocycles. The number of nitrogen functional groups attached to an aromatic ring is 1. The highest BCUT2D eigenvalue weighted by atomic mass is 19.3. The third-order valence-corrected chi connectivity index (χ3v) is 4.29. The van der Waals surface area contributed by atoms with Gasteiger partial charge in [0, 0.05) is 6.42 Å². The van der Waals surface area contributed by atoms with Gasteiger partial charge in [-0.25, -0.2) is 13.8 Å². The molecule has 4 rings (SSSR count). The Balaban J connectivity index is 1.84. The predicted octanol–water partition coefficient (Wildman–Crippen LogP) is 2.83. The highest BCUT2D eigenvalue weighted by Gasteiger charge is 2.58. The van der Waals surface area contributed by atoms with E-state index >= 15 is 0 Å². The number of anilines is 1. The molecular formula is C17H14F2N4O2. The van der Waals surface area contributed by atoms with E-state index in [4.69, 9.17) is 10.5 Å². The van der Waals surface area contributed by atoms with Gasteiger partial charge in [-0.05, 0) is 24.3 Å². The molecule has 8 heteroatoms. The Hall–Kier alpha value is -3.03. The maximum atomic E-state index is 13.3. The zero-order valence-electron chi connectivity index (χ0n) is 13.2. The summed E-state index contributed by atoms with van der Waals surface area (Å²) in [5.41, 5.74) is 6.52. The number of carbonyl (C=O) groups excluding carboxylic acids is 1. The number of halogens is 2. The smallest absolute Gasteiger partial charge is 0.283 e. The Morgan fingerprint density at radius 3 is 2.72 bits per heavy atom. The number of hydrogen-bond acceptors (Lipinski definition) is 5. The van der Waals surface area contributed by atoms with Crippen molar-refractivity contribution in [3.8, 4) is 5.75 Å². The SMILES string of the molecule is COc1ccccc1C(=O)n1nc(N)c2ccc(C3CC3(F)F)nc21. The summed E-state index contributed by atoms with van der Waals surface area (Å²) in [7, 11) is 1.45. The molecule has 2 heterocycles. The second kappa shape index (κ2) is 5.23. The van der Waals surface area contributed by atoms with Crippen molar-refractivity contribution in [3.05, 3.63) is 47.7 Å². The first-order valence-electron chi connectivity index (χ1n) is 7.63. The molecule has 2 N–H and O–H groups in total. The third kappa shape index (κ3) is 2.41. The summed E-state index contributed by atoms with van der Waals surface area (Å²) in [5.74, 6) is -3.68. The van der Waals surface area contributed by atoms with Crippen LogP contribution in [0.4, 0.5) is 14.6 Å². The van der Waals surface area contributed by atoms with Crippen molar-refractivity contribution in [3.63, 3.8) is 0 Å². The molecule has 1 unspecified atom stereocenters. The normalized spacial score (nSPS) is 18.3. The Kier molecular flexibility index (Phi) is 3.24. The number of benzene rings is 1. The number of para-hydroxylation sites is 1. The van der Waals surface area contributed by atoms with Crippen LogP contribution in [0.3, 0.4) is 0 Å². The fourth-order valence-electron chi connectivity index (χ4n) is 2.84.